The fourth-order valence-electron chi connectivity index (χ4n) is 1.77. The molecule has 1 aromatic rings. The molecule has 23 heavy (non-hydrogen) atoms. The van der Waals surface area contributed by atoms with Crippen molar-refractivity contribution in [3.8, 4) is 0 Å². The minimum Gasteiger partial charge on any atom is -0.405 e. The van der Waals surface area contributed by atoms with Gasteiger partial charge in [-0.05, 0) is 33.8 Å². The Bertz CT molecular complexity index is 515. The number of alkyl halides is 2. The molecule has 0 spiro atoms. The lowest BCUT2D eigenvalue weighted by Crippen LogP contribution is -2.43. The summed E-state index contributed by atoms with van der Waals surface area (Å²) >= 11 is 0. The maximum Gasteiger partial charge on any atom is 0.496 e. The zero-order valence-electron chi connectivity index (χ0n) is 14.5. The lowest BCUT2D eigenvalue weighted by atomic mass is 9.76. The summed E-state index contributed by atoms with van der Waals surface area (Å²) in [5, 5.41) is 0. The van der Waals surface area contributed by atoms with E-state index in [1.54, 1.807) is 19.0 Å². The van der Waals surface area contributed by atoms with E-state index in [9.17, 15) is 8.78 Å². The highest BCUT2D eigenvalue weighted by Gasteiger charge is 2.30. The van der Waals surface area contributed by atoms with Crippen molar-refractivity contribution in [3.63, 3.8) is 0 Å². The minimum atomic E-state index is -2.67. The lowest BCUT2D eigenvalue weighted by Gasteiger charge is -2.21. The first-order valence-electron chi connectivity index (χ1n) is 7.50. The first-order valence-corrected chi connectivity index (χ1v) is 7.50. The van der Waals surface area contributed by atoms with E-state index in [4.69, 9.17) is 9.31 Å². The summed E-state index contributed by atoms with van der Waals surface area (Å²) in [6, 6.07) is 1.26. The van der Waals surface area contributed by atoms with Crippen LogP contribution in [-0.4, -0.2) is 49.6 Å². The van der Waals surface area contributed by atoms with Crippen molar-refractivity contribution >= 4 is 24.7 Å². The van der Waals surface area contributed by atoms with Gasteiger partial charge in [0.1, 0.15) is 0 Å². The molecule has 0 fully saturated rings. The number of hydrogen-bond donors (Lipinski definition) is 0. The average molecular weight is 327 g/mol. The van der Waals surface area contributed by atoms with Crippen molar-refractivity contribution in [1.29, 1.82) is 0 Å². The van der Waals surface area contributed by atoms with Gasteiger partial charge in [0, 0.05) is 43.5 Å². The Labute approximate surface area is 136 Å². The van der Waals surface area contributed by atoms with Crippen LogP contribution in [0.5, 0.6) is 0 Å². The molecule has 8 heteroatoms. The van der Waals surface area contributed by atoms with Crippen molar-refractivity contribution in [2.45, 2.75) is 46.3 Å². The van der Waals surface area contributed by atoms with Crippen LogP contribution in [0.15, 0.2) is 17.3 Å². The van der Waals surface area contributed by atoms with E-state index in [0.717, 1.165) is 0 Å². The molecule has 0 amide bonds. The highest BCUT2D eigenvalue weighted by Crippen LogP contribution is 2.21. The number of halogens is 2. The van der Waals surface area contributed by atoms with E-state index in [2.05, 4.69) is 9.98 Å². The predicted molar refractivity (Wildman–Crippen MR) is 88.9 cm³/mol. The normalized spacial score (nSPS) is 12.0. The highest BCUT2D eigenvalue weighted by atomic mass is 19.3. The van der Waals surface area contributed by atoms with Crippen LogP contribution in [0.2, 0.25) is 0 Å². The molecular weight excluding hydrogens is 303 g/mol. The van der Waals surface area contributed by atoms with Crippen molar-refractivity contribution in [2.75, 3.05) is 14.1 Å². The van der Waals surface area contributed by atoms with Crippen molar-refractivity contribution in [3.05, 3.63) is 17.8 Å². The molecule has 1 rings (SSSR count). The van der Waals surface area contributed by atoms with Crippen LogP contribution in [0, 0.1) is 0 Å². The zero-order chi connectivity index (χ0) is 17.6. The monoisotopic (exact) mass is 327 g/mol. The van der Waals surface area contributed by atoms with Gasteiger partial charge in [0.05, 0.1) is 6.34 Å². The predicted octanol–water partition coefficient (Wildman–Crippen LogP) is 2.79. The molecule has 0 saturated carbocycles. The Morgan fingerprint density at radius 2 is 1.74 bits per heavy atom. The molecule has 5 nitrogen and oxygen atoms in total. The largest absolute Gasteiger partial charge is 0.496 e. The number of pyridine rings is 1. The van der Waals surface area contributed by atoms with Crippen molar-refractivity contribution < 1.29 is 18.1 Å². The summed E-state index contributed by atoms with van der Waals surface area (Å²) in [7, 11) is 2.68. The van der Waals surface area contributed by atoms with E-state index >= 15 is 0 Å². The molecule has 1 heterocycles. The molecule has 0 unspecified atom stereocenters. The molecule has 0 N–H and O–H groups in total. The molecule has 0 aliphatic heterocycles. The fraction of sp³-hybridized carbons (Fsp3) is 0.600. The number of aliphatic imine (C=N–C) groups is 1. The van der Waals surface area contributed by atoms with E-state index in [1.165, 1.54) is 18.6 Å². The van der Waals surface area contributed by atoms with Crippen LogP contribution in [0.25, 0.3) is 0 Å². The first-order chi connectivity index (χ1) is 10.7. The molecule has 0 atom stereocenters. The Hall–Kier alpha value is -1.54. The van der Waals surface area contributed by atoms with E-state index in [0.29, 0.717) is 0 Å². The smallest absolute Gasteiger partial charge is 0.405 e. The SMILES string of the molecule is CC(C)OB(OC(C)C)c1cnc(N=CN(C)C)cc1C(F)F. The van der Waals surface area contributed by atoms with Gasteiger partial charge in [0.15, 0.2) is 5.82 Å². The summed E-state index contributed by atoms with van der Waals surface area (Å²) in [6.07, 6.45) is -0.162. The average Bonchev–Trinajstić information content (AvgIpc) is 2.43. The van der Waals surface area contributed by atoms with Crippen LogP contribution < -0.4 is 5.46 Å². The number of rotatable bonds is 8. The Morgan fingerprint density at radius 3 is 2.17 bits per heavy atom. The maximum absolute atomic E-state index is 13.4. The number of nitrogens with zero attached hydrogens (tertiary/aromatic N) is 3. The van der Waals surface area contributed by atoms with Gasteiger partial charge in [0.25, 0.3) is 6.43 Å². The van der Waals surface area contributed by atoms with Gasteiger partial charge in [-0.1, -0.05) is 0 Å². The molecule has 0 saturated heterocycles. The second-order valence-corrected chi connectivity index (χ2v) is 5.88. The Morgan fingerprint density at radius 1 is 1.17 bits per heavy atom. The first kappa shape index (κ1) is 19.5. The van der Waals surface area contributed by atoms with Crippen LogP contribution in [0.4, 0.5) is 14.6 Å². The molecule has 0 aromatic carbocycles. The van der Waals surface area contributed by atoms with Crippen LogP contribution in [-0.2, 0) is 9.31 Å². The van der Waals surface area contributed by atoms with Gasteiger partial charge in [-0.3, -0.25) is 0 Å². The van der Waals surface area contributed by atoms with E-state index in [-0.39, 0.29) is 29.1 Å². The van der Waals surface area contributed by atoms with Gasteiger partial charge in [0.2, 0.25) is 0 Å². The quantitative estimate of drug-likeness (QED) is 0.418. The summed E-state index contributed by atoms with van der Waals surface area (Å²) in [4.78, 5) is 9.86. The van der Waals surface area contributed by atoms with Crippen LogP contribution >= 0.6 is 0 Å². The third-order valence-corrected chi connectivity index (χ3v) is 2.66. The van der Waals surface area contributed by atoms with E-state index in [1.807, 2.05) is 27.7 Å². The molecule has 0 radical (unpaired) electrons. The van der Waals surface area contributed by atoms with Crippen molar-refractivity contribution in [1.82, 2.24) is 9.88 Å². The lowest BCUT2D eigenvalue weighted by molar-refractivity contribution is 0.134. The van der Waals surface area contributed by atoms with Gasteiger partial charge >= 0.3 is 7.12 Å². The molecule has 0 aliphatic carbocycles. The third-order valence-electron chi connectivity index (χ3n) is 2.66. The number of hydrogen-bond acceptors (Lipinski definition) is 4. The van der Waals surface area contributed by atoms with Crippen LogP contribution in [0.3, 0.4) is 0 Å². The topological polar surface area (TPSA) is 47.0 Å². The molecule has 0 aliphatic rings. The summed E-state index contributed by atoms with van der Waals surface area (Å²) in [6.45, 7) is 7.29. The van der Waals surface area contributed by atoms with Gasteiger partial charge in [-0.25, -0.2) is 18.8 Å². The second kappa shape index (κ2) is 8.93. The minimum absolute atomic E-state index is 0.171. The zero-order valence-corrected chi connectivity index (χ0v) is 14.5. The Kier molecular flexibility index (Phi) is 7.58. The summed E-state index contributed by atoms with van der Waals surface area (Å²) < 4.78 is 38.1. The highest BCUT2D eigenvalue weighted by molar-refractivity contribution is 6.61. The van der Waals surface area contributed by atoms with Gasteiger partial charge in [-0.2, -0.15) is 0 Å². The fourth-order valence-corrected chi connectivity index (χ4v) is 1.77. The molecule has 0 bridgehead atoms. The van der Waals surface area contributed by atoms with Crippen LogP contribution in [0.1, 0.15) is 39.7 Å². The molecule has 1 aromatic heterocycles. The summed E-state index contributed by atoms with van der Waals surface area (Å²) in [5.41, 5.74) is 0.0448. The Balaban J connectivity index is 3.20. The third kappa shape index (κ3) is 6.62. The van der Waals surface area contributed by atoms with Crippen molar-refractivity contribution in [2.24, 2.45) is 4.99 Å². The second-order valence-electron chi connectivity index (χ2n) is 5.88. The van der Waals surface area contributed by atoms with Gasteiger partial charge < -0.3 is 14.2 Å². The molecule has 128 valence electrons. The number of aromatic nitrogens is 1. The van der Waals surface area contributed by atoms with E-state index < -0.39 is 13.5 Å². The maximum atomic E-state index is 13.4. The standard InChI is InChI=1S/C15H24BF2N3O2/c1-10(2)22-16(23-11(3)4)13-8-19-14(20-9-21(5)6)7-12(13)15(17)18/h7-11,15H,1-6H3. The molecular formula is C15H24BF2N3O2. The van der Waals surface area contributed by atoms with Gasteiger partial charge in [-0.15, -0.1) is 0 Å². The summed E-state index contributed by atoms with van der Waals surface area (Å²) in [5.74, 6) is 0.214.